The Balaban J connectivity index is 1.68. The summed E-state index contributed by atoms with van der Waals surface area (Å²) in [6.07, 6.45) is 0.353. The Bertz CT molecular complexity index is 914. The van der Waals surface area contributed by atoms with E-state index in [1.807, 2.05) is 39.0 Å². The minimum atomic E-state index is -0.599. The fourth-order valence-corrected chi connectivity index (χ4v) is 4.13. The van der Waals surface area contributed by atoms with E-state index in [9.17, 15) is 9.59 Å². The third-order valence-electron chi connectivity index (χ3n) is 5.15. The molecule has 2 heterocycles. The predicted molar refractivity (Wildman–Crippen MR) is 115 cm³/mol. The number of benzene rings is 1. The minimum absolute atomic E-state index is 0.00747. The first-order valence-electron chi connectivity index (χ1n) is 10.1. The number of carbonyl (C=O) groups excluding carboxylic acids is 2. The largest absolute Gasteiger partial charge is 0.493 e. The zero-order valence-corrected chi connectivity index (χ0v) is 18.8. The second-order valence-corrected chi connectivity index (χ2v) is 8.32. The summed E-state index contributed by atoms with van der Waals surface area (Å²) in [6.45, 7) is 8.63. The molecule has 162 valence electrons. The Kier molecular flexibility index (Phi) is 6.91. The Labute approximate surface area is 180 Å². The molecular weight excluding hydrogens is 404 g/mol. The highest BCUT2D eigenvalue weighted by Crippen LogP contribution is 2.35. The highest BCUT2D eigenvalue weighted by molar-refractivity contribution is 7.09. The molecule has 2 amide bonds. The summed E-state index contributed by atoms with van der Waals surface area (Å²) in [5.74, 6) is 1.89. The number of nitrogens with zero attached hydrogens (tertiary/aromatic N) is 3. The van der Waals surface area contributed by atoms with Crippen molar-refractivity contribution >= 4 is 28.5 Å². The summed E-state index contributed by atoms with van der Waals surface area (Å²) in [5.41, 5.74) is 0.994. The number of hydrogen-bond acceptors (Lipinski definition) is 7. The van der Waals surface area contributed by atoms with Gasteiger partial charge in [0.05, 0.1) is 13.7 Å². The molecule has 1 aliphatic rings. The highest BCUT2D eigenvalue weighted by atomic mass is 32.1. The topological polar surface area (TPSA) is 93.7 Å². The van der Waals surface area contributed by atoms with Crippen LogP contribution in [0.3, 0.4) is 0 Å². The van der Waals surface area contributed by atoms with Crippen LogP contribution in [0.2, 0.25) is 0 Å². The van der Waals surface area contributed by atoms with E-state index in [1.54, 1.807) is 18.9 Å². The van der Waals surface area contributed by atoms with Crippen molar-refractivity contribution in [1.82, 2.24) is 14.3 Å². The molecule has 1 N–H and O–H groups in total. The van der Waals surface area contributed by atoms with Gasteiger partial charge in [-0.3, -0.25) is 14.9 Å². The fraction of sp³-hybridized carbons (Fsp3) is 0.524. The van der Waals surface area contributed by atoms with E-state index in [2.05, 4.69) is 14.7 Å². The Hall–Kier alpha value is -2.68. The molecule has 0 bridgehead atoms. The second-order valence-electron chi connectivity index (χ2n) is 7.57. The maximum Gasteiger partial charge on any atom is 0.248 e. The lowest BCUT2D eigenvalue weighted by atomic mass is 9.98. The average molecular weight is 433 g/mol. The van der Waals surface area contributed by atoms with Crippen LogP contribution >= 0.6 is 11.5 Å². The van der Waals surface area contributed by atoms with Gasteiger partial charge in [-0.2, -0.15) is 4.37 Å². The molecule has 8 nitrogen and oxygen atoms in total. The predicted octanol–water partition coefficient (Wildman–Crippen LogP) is 3.41. The van der Waals surface area contributed by atoms with Gasteiger partial charge in [0, 0.05) is 36.3 Å². The highest BCUT2D eigenvalue weighted by Gasteiger charge is 2.36. The van der Waals surface area contributed by atoms with Gasteiger partial charge in [0.25, 0.3) is 0 Å². The lowest BCUT2D eigenvalue weighted by molar-refractivity contribution is -0.134. The Morgan fingerprint density at radius 1 is 1.33 bits per heavy atom. The molecule has 1 aliphatic heterocycles. The van der Waals surface area contributed by atoms with E-state index in [1.165, 1.54) is 0 Å². The lowest BCUT2D eigenvalue weighted by Gasteiger charge is -2.23. The summed E-state index contributed by atoms with van der Waals surface area (Å²) in [5, 5.41) is 3.24. The zero-order valence-electron chi connectivity index (χ0n) is 18.0. The number of rotatable bonds is 8. The van der Waals surface area contributed by atoms with Gasteiger partial charge in [-0.25, -0.2) is 4.98 Å². The third-order valence-corrected chi connectivity index (χ3v) is 5.80. The molecule has 2 aromatic rings. The molecule has 0 aliphatic carbocycles. The quantitative estimate of drug-likeness (QED) is 0.687. The smallest absolute Gasteiger partial charge is 0.248 e. The molecule has 30 heavy (non-hydrogen) atoms. The number of aromatic nitrogens is 2. The first-order valence-corrected chi connectivity index (χ1v) is 10.9. The number of nitrogens with one attached hydrogen (secondary N) is 1. The molecule has 1 fully saturated rings. The van der Waals surface area contributed by atoms with E-state index in [0.29, 0.717) is 42.0 Å². The van der Waals surface area contributed by atoms with Crippen LogP contribution in [-0.4, -0.2) is 52.4 Å². The Morgan fingerprint density at radius 3 is 2.73 bits per heavy atom. The maximum absolute atomic E-state index is 12.7. The van der Waals surface area contributed by atoms with E-state index in [-0.39, 0.29) is 23.7 Å². The lowest BCUT2D eigenvalue weighted by Crippen LogP contribution is -2.42. The van der Waals surface area contributed by atoms with Crippen molar-refractivity contribution < 1.29 is 19.1 Å². The number of carbonyl (C=O) groups is 2. The van der Waals surface area contributed by atoms with E-state index >= 15 is 0 Å². The van der Waals surface area contributed by atoms with Crippen LogP contribution in [0.25, 0.3) is 0 Å². The molecular formula is C21H28N4O4S. The summed E-state index contributed by atoms with van der Waals surface area (Å²) in [4.78, 5) is 31.3. The van der Waals surface area contributed by atoms with Crippen molar-refractivity contribution in [2.45, 2.75) is 52.0 Å². The third kappa shape index (κ3) is 4.72. The van der Waals surface area contributed by atoms with Crippen molar-refractivity contribution in [3.63, 3.8) is 0 Å². The van der Waals surface area contributed by atoms with Crippen molar-refractivity contribution in [3.05, 3.63) is 29.6 Å². The van der Waals surface area contributed by atoms with Crippen LogP contribution in [0.5, 0.6) is 11.5 Å². The van der Waals surface area contributed by atoms with E-state index in [0.717, 1.165) is 17.1 Å². The monoisotopic (exact) mass is 432 g/mol. The van der Waals surface area contributed by atoms with Crippen LogP contribution in [-0.2, 0) is 9.59 Å². The van der Waals surface area contributed by atoms with Gasteiger partial charge in [-0.15, -0.1) is 0 Å². The van der Waals surface area contributed by atoms with Crippen LogP contribution in [0.15, 0.2) is 18.2 Å². The van der Waals surface area contributed by atoms with Gasteiger partial charge in [-0.1, -0.05) is 19.9 Å². The summed E-state index contributed by atoms with van der Waals surface area (Å²) >= 11 is 1.15. The number of likely N-dealkylation sites (tertiary alicyclic amines) is 1. The molecule has 0 unspecified atom stereocenters. The van der Waals surface area contributed by atoms with Crippen LogP contribution in [0.4, 0.5) is 5.13 Å². The standard InChI is InChI=1S/C21H28N4O4S/c1-6-29-17-9-14(7-8-16(17)28-5)15-10-18(26)25(11-15)13(4)20(27)23-21-22-19(12(2)3)24-30-21/h7-9,12-13,15H,6,10-11H2,1-5H3,(H,22,23,24,27)/t13-,15-/m1/s1. The molecule has 0 radical (unpaired) electrons. The van der Waals surface area contributed by atoms with Gasteiger partial charge >= 0.3 is 0 Å². The Morgan fingerprint density at radius 2 is 2.10 bits per heavy atom. The van der Waals surface area contributed by atoms with Gasteiger partial charge in [-0.05, 0) is 31.5 Å². The van der Waals surface area contributed by atoms with Gasteiger partial charge in [0.1, 0.15) is 11.9 Å². The van der Waals surface area contributed by atoms with Crippen LogP contribution in [0.1, 0.15) is 57.3 Å². The summed E-state index contributed by atoms with van der Waals surface area (Å²) < 4.78 is 15.2. The average Bonchev–Trinajstić information content (AvgIpc) is 3.34. The molecule has 1 aromatic carbocycles. The van der Waals surface area contributed by atoms with Crippen molar-refractivity contribution in [3.8, 4) is 11.5 Å². The van der Waals surface area contributed by atoms with Crippen LogP contribution < -0.4 is 14.8 Å². The van der Waals surface area contributed by atoms with Gasteiger partial charge in [0.2, 0.25) is 16.9 Å². The normalized spacial score (nSPS) is 17.3. The molecule has 1 aromatic heterocycles. The zero-order chi connectivity index (χ0) is 21.8. The molecule has 3 rings (SSSR count). The number of ether oxygens (including phenoxy) is 2. The number of hydrogen-bond donors (Lipinski definition) is 1. The van der Waals surface area contributed by atoms with Gasteiger partial charge in [0.15, 0.2) is 11.5 Å². The maximum atomic E-state index is 12.7. The summed E-state index contributed by atoms with van der Waals surface area (Å²) in [6, 6.07) is 5.12. The van der Waals surface area contributed by atoms with Crippen LogP contribution in [0, 0.1) is 0 Å². The SMILES string of the molecule is CCOc1cc([C@@H]2CC(=O)N([C@H](C)C(=O)Nc3nc(C(C)C)ns3)C2)ccc1OC. The van der Waals surface area contributed by atoms with E-state index in [4.69, 9.17) is 9.47 Å². The fourth-order valence-electron chi connectivity index (χ4n) is 3.42. The molecule has 2 atom stereocenters. The first kappa shape index (κ1) is 22.0. The van der Waals surface area contributed by atoms with Crippen molar-refractivity contribution in [2.24, 2.45) is 0 Å². The van der Waals surface area contributed by atoms with Crippen molar-refractivity contribution in [2.75, 3.05) is 25.6 Å². The number of methoxy groups -OCH3 is 1. The van der Waals surface area contributed by atoms with E-state index < -0.39 is 6.04 Å². The molecule has 9 heteroatoms. The summed E-state index contributed by atoms with van der Waals surface area (Å²) in [7, 11) is 1.60. The second kappa shape index (κ2) is 9.42. The number of anilines is 1. The first-order chi connectivity index (χ1) is 14.3. The van der Waals surface area contributed by atoms with Gasteiger partial charge < -0.3 is 14.4 Å². The number of amides is 2. The molecule has 0 saturated carbocycles. The molecule has 0 spiro atoms. The molecule has 1 saturated heterocycles. The van der Waals surface area contributed by atoms with Crippen molar-refractivity contribution in [1.29, 1.82) is 0 Å². The minimum Gasteiger partial charge on any atom is -0.493 e.